The number of nitrogen functional groups attached to an aromatic ring is 2. The maximum atomic E-state index is 13.1. The summed E-state index contributed by atoms with van der Waals surface area (Å²) in [5.74, 6) is -0.561. The highest BCUT2D eigenvalue weighted by Gasteiger charge is 2.35. The van der Waals surface area contributed by atoms with E-state index >= 15 is 0 Å². The van der Waals surface area contributed by atoms with Crippen molar-refractivity contribution in [2.75, 3.05) is 50.2 Å². The summed E-state index contributed by atoms with van der Waals surface area (Å²) < 4.78 is 48.1. The van der Waals surface area contributed by atoms with E-state index in [9.17, 15) is 21.6 Å². The average molecular weight is 664 g/mol. The highest BCUT2D eigenvalue weighted by molar-refractivity contribution is 7.91. The Kier molecular flexibility index (Phi) is 10.5. The first-order valence-corrected chi connectivity index (χ1v) is 18.6. The van der Waals surface area contributed by atoms with Crippen LogP contribution in [0.15, 0.2) is 58.3 Å². The first-order chi connectivity index (χ1) is 20.6. The van der Waals surface area contributed by atoms with Crippen molar-refractivity contribution in [3.05, 3.63) is 70.5 Å². The molecule has 1 aliphatic heterocycles. The molecule has 1 fully saturated rings. The van der Waals surface area contributed by atoms with Crippen LogP contribution >= 0.6 is 11.6 Å². The zero-order valence-corrected chi connectivity index (χ0v) is 27.4. The largest absolute Gasteiger partial charge is 0.382 e. The van der Waals surface area contributed by atoms with Gasteiger partial charge in [-0.2, -0.15) is 0 Å². The number of likely N-dealkylation sites (tertiary alicyclic amines) is 1. The molecule has 2 heterocycles. The number of amides is 1. The molecule has 0 aliphatic carbocycles. The molecule has 5 N–H and O–H groups in total. The van der Waals surface area contributed by atoms with E-state index in [2.05, 4.69) is 15.3 Å². The zero-order valence-electron chi connectivity index (χ0n) is 25.0. The lowest BCUT2D eigenvalue weighted by atomic mass is 9.99. The number of nitrogens with two attached hydrogens (primary N) is 2. The van der Waals surface area contributed by atoms with Crippen LogP contribution in [0.3, 0.4) is 0 Å². The molecule has 0 radical (unpaired) electrons. The molecule has 11 nitrogen and oxygen atoms in total. The van der Waals surface area contributed by atoms with Crippen LogP contribution in [0.25, 0.3) is 0 Å². The number of sulfone groups is 2. The summed E-state index contributed by atoms with van der Waals surface area (Å²) in [6, 6.07) is 13.9. The van der Waals surface area contributed by atoms with E-state index in [1.54, 1.807) is 24.3 Å². The second kappa shape index (κ2) is 13.8. The van der Waals surface area contributed by atoms with Gasteiger partial charge >= 0.3 is 0 Å². The average Bonchev–Trinajstić information content (AvgIpc) is 2.95. The number of carbonyl (C=O) groups excluding carboxylic acids is 1. The van der Waals surface area contributed by atoms with E-state index in [4.69, 9.17) is 23.1 Å². The minimum absolute atomic E-state index is 0.0361. The van der Waals surface area contributed by atoms with Crippen molar-refractivity contribution < 1.29 is 26.1 Å². The Bertz CT molecular complexity index is 1620. The summed E-state index contributed by atoms with van der Waals surface area (Å²) >= 11 is 6.00. The lowest BCUT2D eigenvalue weighted by Gasteiger charge is -2.45. The molecular weight excluding hydrogens is 624 g/mol. The molecule has 1 amide bonds. The molecule has 0 bridgehead atoms. The van der Waals surface area contributed by atoms with Gasteiger partial charge in [0.15, 0.2) is 42.2 Å². The first-order valence-electron chi connectivity index (χ1n) is 14.5. The number of hydrogen-bond donors (Lipinski definition) is 3. The summed E-state index contributed by atoms with van der Waals surface area (Å²) in [6.45, 7) is 3.44. The van der Waals surface area contributed by atoms with Gasteiger partial charge in [0, 0.05) is 25.4 Å². The monoisotopic (exact) mass is 663 g/mol. The number of nitrogens with zero attached hydrogens (tertiary/aromatic N) is 3. The fourth-order valence-corrected chi connectivity index (χ4v) is 7.25. The quantitative estimate of drug-likeness (QED) is 0.246. The maximum Gasteiger partial charge on any atom is 0.274 e. The number of nitrogens with one attached hydrogen (secondary N) is 1. The van der Waals surface area contributed by atoms with Crippen molar-refractivity contribution in [2.45, 2.75) is 54.4 Å². The number of aromatic nitrogens is 2. The van der Waals surface area contributed by atoms with Crippen molar-refractivity contribution in [1.29, 1.82) is 0 Å². The second-order valence-corrected chi connectivity index (χ2v) is 16.1. The molecule has 0 saturated carbocycles. The van der Waals surface area contributed by atoms with E-state index in [-0.39, 0.29) is 28.5 Å². The number of carbonyl (C=O) groups is 1. The lowest BCUT2D eigenvalue weighted by molar-refractivity contribution is -0.933. The Balaban J connectivity index is 1.46. The third kappa shape index (κ3) is 8.90. The number of piperidine rings is 1. The number of benzene rings is 2. The zero-order chi connectivity index (χ0) is 32.1. The van der Waals surface area contributed by atoms with E-state index in [1.165, 1.54) is 12.5 Å². The van der Waals surface area contributed by atoms with Gasteiger partial charge in [-0.3, -0.25) is 4.79 Å². The summed E-state index contributed by atoms with van der Waals surface area (Å²) in [6.07, 6.45) is 7.48. The number of anilines is 2. The fourth-order valence-electron chi connectivity index (χ4n) is 5.87. The fraction of sp³-hybridized carbons (Fsp3) is 0.433. The second-order valence-electron chi connectivity index (χ2n) is 11.7. The third-order valence-corrected chi connectivity index (χ3v) is 10.7. The van der Waals surface area contributed by atoms with Gasteiger partial charge in [-0.15, -0.1) is 0 Å². The van der Waals surface area contributed by atoms with Gasteiger partial charge in [0.25, 0.3) is 5.91 Å². The van der Waals surface area contributed by atoms with Crippen molar-refractivity contribution >= 4 is 48.8 Å². The molecule has 238 valence electrons. The lowest BCUT2D eigenvalue weighted by Crippen LogP contribution is -2.60. The number of aryl methyl sites for hydroxylation is 2. The van der Waals surface area contributed by atoms with E-state index in [0.717, 1.165) is 80.3 Å². The Morgan fingerprint density at radius 2 is 1.36 bits per heavy atom. The normalized spacial score (nSPS) is 16.8. The molecule has 44 heavy (non-hydrogen) atoms. The minimum atomic E-state index is -3.25. The Hall–Kier alpha value is -3.26. The van der Waals surface area contributed by atoms with Gasteiger partial charge in [-0.25, -0.2) is 26.8 Å². The van der Waals surface area contributed by atoms with Crippen molar-refractivity contribution in [3.8, 4) is 0 Å². The molecular formula is C30H40ClN6O5S2+. The highest BCUT2D eigenvalue weighted by Crippen LogP contribution is 2.24. The predicted molar refractivity (Wildman–Crippen MR) is 172 cm³/mol. The summed E-state index contributed by atoms with van der Waals surface area (Å²) in [5.41, 5.74) is 13.7. The summed E-state index contributed by atoms with van der Waals surface area (Å²) in [4.78, 5) is 21.7. The number of rotatable bonds is 12. The maximum absolute atomic E-state index is 13.1. The molecule has 3 aromatic rings. The molecule has 0 spiro atoms. The smallest absolute Gasteiger partial charge is 0.274 e. The van der Waals surface area contributed by atoms with Crippen LogP contribution < -0.4 is 16.8 Å². The molecule has 1 unspecified atom stereocenters. The Labute approximate surface area is 264 Å². The first kappa shape index (κ1) is 33.6. The van der Waals surface area contributed by atoms with E-state index in [1.807, 2.05) is 24.3 Å². The van der Waals surface area contributed by atoms with Crippen molar-refractivity contribution in [2.24, 2.45) is 0 Å². The van der Waals surface area contributed by atoms with Gasteiger partial charge in [-0.05, 0) is 61.1 Å². The van der Waals surface area contributed by atoms with Gasteiger partial charge in [0.05, 0.1) is 42.0 Å². The van der Waals surface area contributed by atoms with E-state index in [0.29, 0.717) is 9.79 Å². The number of halogens is 1. The standard InChI is InChI=1S/C30H39ClN6O5S2/c1-43(39,40)24-13-9-21(10-14-24)6-3-17-37(18-4-7-22-11-15-25(16-12-22)44(2,41)42)19-5-8-23(20-37)34-30(38)26-28(32)36-29(33)27(31)35-26/h9-16,23H,3-8,17-20H2,1-2H3,(H4-,32,33,34,36,38)/p+1. The Morgan fingerprint density at radius 3 is 1.84 bits per heavy atom. The van der Waals surface area contributed by atoms with Gasteiger partial charge in [-0.1, -0.05) is 35.9 Å². The van der Waals surface area contributed by atoms with Crippen LogP contribution in [0.1, 0.15) is 47.3 Å². The Morgan fingerprint density at radius 1 is 0.864 bits per heavy atom. The van der Waals surface area contributed by atoms with Gasteiger partial charge < -0.3 is 21.3 Å². The third-order valence-electron chi connectivity index (χ3n) is 8.15. The van der Waals surface area contributed by atoms with Gasteiger partial charge in [0.2, 0.25) is 0 Å². The number of quaternary nitrogens is 1. The molecule has 14 heteroatoms. The molecule has 4 rings (SSSR count). The predicted octanol–water partition coefficient (Wildman–Crippen LogP) is 3.08. The molecule has 1 atom stereocenters. The van der Waals surface area contributed by atoms with Crippen LogP contribution in [0.5, 0.6) is 0 Å². The highest BCUT2D eigenvalue weighted by atomic mass is 35.5. The SMILES string of the molecule is CS(=O)(=O)c1ccc(CCC[N+]2(CCCc3ccc(S(C)(=O)=O)cc3)CCCC(NC(=O)c3nc(Cl)c(N)nc3N)C2)cc1. The topological polar surface area (TPSA) is 175 Å². The van der Waals surface area contributed by atoms with Crippen LogP contribution in [-0.2, 0) is 32.5 Å². The molecule has 1 aromatic heterocycles. The van der Waals surface area contributed by atoms with Crippen LogP contribution in [0.4, 0.5) is 11.6 Å². The number of hydrogen-bond acceptors (Lipinski definition) is 9. The summed E-state index contributed by atoms with van der Waals surface area (Å²) in [5, 5.41) is 3.01. The van der Waals surface area contributed by atoms with Crippen LogP contribution in [0, 0.1) is 0 Å². The molecule has 2 aromatic carbocycles. The van der Waals surface area contributed by atoms with Crippen LogP contribution in [-0.4, -0.2) is 81.9 Å². The van der Waals surface area contributed by atoms with Crippen molar-refractivity contribution in [1.82, 2.24) is 15.3 Å². The summed E-state index contributed by atoms with van der Waals surface area (Å²) in [7, 11) is -6.50. The van der Waals surface area contributed by atoms with Gasteiger partial charge in [0.1, 0.15) is 0 Å². The van der Waals surface area contributed by atoms with Crippen LogP contribution in [0.2, 0.25) is 5.15 Å². The minimum Gasteiger partial charge on any atom is -0.382 e. The van der Waals surface area contributed by atoms with E-state index < -0.39 is 25.6 Å². The molecule has 1 saturated heterocycles. The van der Waals surface area contributed by atoms with Crippen molar-refractivity contribution in [3.63, 3.8) is 0 Å². The molecule has 1 aliphatic rings.